The molecule has 0 spiro atoms. The Labute approximate surface area is 146 Å². The number of benzene rings is 1. The maximum absolute atomic E-state index is 12.3. The number of thioether (sulfide) groups is 1. The average Bonchev–Trinajstić information content (AvgIpc) is 3.23. The number of aromatic nitrogens is 4. The van der Waals surface area contributed by atoms with E-state index < -0.39 is 0 Å². The van der Waals surface area contributed by atoms with Gasteiger partial charge >= 0.3 is 0 Å². The van der Waals surface area contributed by atoms with Gasteiger partial charge in [0.1, 0.15) is 0 Å². The van der Waals surface area contributed by atoms with E-state index in [2.05, 4.69) is 36.3 Å². The Morgan fingerprint density at radius 1 is 1.17 bits per heavy atom. The summed E-state index contributed by atoms with van der Waals surface area (Å²) in [5.74, 6) is 0.914. The molecule has 0 saturated carbocycles. The highest BCUT2D eigenvalue weighted by atomic mass is 32.2. The summed E-state index contributed by atoms with van der Waals surface area (Å²) in [6.45, 7) is 7.99. The Bertz CT molecular complexity index is 699. The monoisotopic (exact) mass is 345 g/mol. The van der Waals surface area contributed by atoms with Crippen molar-refractivity contribution in [1.29, 1.82) is 0 Å². The summed E-state index contributed by atoms with van der Waals surface area (Å²) in [4.78, 5) is 14.3. The molecule has 0 N–H and O–H groups in total. The smallest absolute Gasteiger partial charge is 0.253 e. The van der Waals surface area contributed by atoms with Crippen molar-refractivity contribution in [3.63, 3.8) is 0 Å². The van der Waals surface area contributed by atoms with Crippen LogP contribution in [0.4, 0.5) is 0 Å². The minimum Gasteiger partial charge on any atom is -0.339 e. The number of rotatable bonds is 4. The van der Waals surface area contributed by atoms with Crippen LogP contribution in [0.2, 0.25) is 0 Å². The Balaban J connectivity index is 1.63. The van der Waals surface area contributed by atoms with Crippen LogP contribution >= 0.6 is 11.8 Å². The summed E-state index contributed by atoms with van der Waals surface area (Å²) >= 11 is 1.60. The zero-order valence-corrected chi connectivity index (χ0v) is 15.2. The van der Waals surface area contributed by atoms with Gasteiger partial charge in [-0.2, -0.15) is 0 Å². The van der Waals surface area contributed by atoms with E-state index >= 15 is 0 Å². The van der Waals surface area contributed by atoms with Gasteiger partial charge in [0.15, 0.2) is 0 Å². The van der Waals surface area contributed by atoms with Crippen molar-refractivity contribution in [2.24, 2.45) is 0 Å². The van der Waals surface area contributed by atoms with Gasteiger partial charge in [-0.25, -0.2) is 4.68 Å². The summed E-state index contributed by atoms with van der Waals surface area (Å²) in [5, 5.41) is 12.7. The summed E-state index contributed by atoms with van der Waals surface area (Å²) in [6.07, 6.45) is 2.23. The molecule has 1 amide bonds. The van der Waals surface area contributed by atoms with Gasteiger partial charge in [-0.15, -0.1) is 5.10 Å². The molecule has 1 aromatic heterocycles. The molecule has 0 bridgehead atoms. The molecule has 2 heterocycles. The van der Waals surface area contributed by atoms with Crippen LogP contribution in [-0.2, 0) is 11.3 Å². The average molecular weight is 345 g/mol. The van der Waals surface area contributed by atoms with E-state index in [-0.39, 0.29) is 11.4 Å². The predicted molar refractivity (Wildman–Crippen MR) is 94.0 cm³/mol. The normalized spacial score (nSPS) is 15.0. The van der Waals surface area contributed by atoms with Gasteiger partial charge in [-0.05, 0) is 61.7 Å². The van der Waals surface area contributed by atoms with Gasteiger partial charge in [0.2, 0.25) is 5.16 Å². The third-order valence-electron chi connectivity index (χ3n) is 4.04. The summed E-state index contributed by atoms with van der Waals surface area (Å²) in [5.41, 5.74) is 1.78. The highest BCUT2D eigenvalue weighted by Gasteiger charge is 2.21. The number of tetrazole rings is 1. The van der Waals surface area contributed by atoms with Gasteiger partial charge in [0.05, 0.1) is 5.54 Å². The maximum Gasteiger partial charge on any atom is 0.253 e. The predicted octanol–water partition coefficient (Wildman–Crippen LogP) is 2.96. The van der Waals surface area contributed by atoms with E-state index in [1.807, 2.05) is 33.8 Å². The Morgan fingerprint density at radius 3 is 2.46 bits per heavy atom. The van der Waals surface area contributed by atoms with E-state index in [9.17, 15) is 4.79 Å². The third-order valence-corrected chi connectivity index (χ3v) is 5.03. The van der Waals surface area contributed by atoms with Crippen LogP contribution in [-0.4, -0.2) is 44.1 Å². The number of likely N-dealkylation sites (tertiary alicyclic amines) is 1. The van der Waals surface area contributed by atoms with Crippen molar-refractivity contribution in [2.45, 2.75) is 50.1 Å². The number of carbonyl (C=O) groups is 1. The lowest BCUT2D eigenvalue weighted by Gasteiger charge is -2.19. The van der Waals surface area contributed by atoms with Gasteiger partial charge in [-0.1, -0.05) is 23.9 Å². The topological polar surface area (TPSA) is 63.9 Å². The molecule has 1 saturated heterocycles. The van der Waals surface area contributed by atoms with E-state index in [0.717, 1.165) is 48.0 Å². The zero-order valence-electron chi connectivity index (χ0n) is 14.4. The first-order valence-corrected chi connectivity index (χ1v) is 9.23. The first-order chi connectivity index (χ1) is 11.4. The second-order valence-electron chi connectivity index (χ2n) is 7.03. The first kappa shape index (κ1) is 17.0. The molecule has 1 aromatic carbocycles. The fourth-order valence-electron chi connectivity index (χ4n) is 2.68. The Hall–Kier alpha value is -1.89. The largest absolute Gasteiger partial charge is 0.339 e. The molecule has 24 heavy (non-hydrogen) atoms. The van der Waals surface area contributed by atoms with Gasteiger partial charge < -0.3 is 4.90 Å². The van der Waals surface area contributed by atoms with Gasteiger partial charge in [-0.3, -0.25) is 4.79 Å². The van der Waals surface area contributed by atoms with Gasteiger partial charge in [0, 0.05) is 24.4 Å². The number of carbonyl (C=O) groups excluding carboxylic acids is 1. The second kappa shape index (κ2) is 6.93. The molecule has 6 nitrogen and oxygen atoms in total. The fourth-order valence-corrected chi connectivity index (χ4v) is 3.70. The van der Waals surface area contributed by atoms with Crippen molar-refractivity contribution in [3.8, 4) is 0 Å². The molecule has 1 aliphatic heterocycles. The SMILES string of the molecule is CC(C)(C)n1nnnc1SCc1ccc(C(=O)N2CCCC2)cc1. The zero-order chi connectivity index (χ0) is 17.2. The van der Waals surface area contributed by atoms with Crippen LogP contribution in [0.15, 0.2) is 29.4 Å². The highest BCUT2D eigenvalue weighted by Crippen LogP contribution is 2.25. The molecular weight excluding hydrogens is 322 g/mol. The van der Waals surface area contributed by atoms with Crippen molar-refractivity contribution in [2.75, 3.05) is 13.1 Å². The number of hydrogen-bond acceptors (Lipinski definition) is 5. The maximum atomic E-state index is 12.3. The van der Waals surface area contributed by atoms with Crippen molar-refractivity contribution < 1.29 is 4.79 Å². The van der Waals surface area contributed by atoms with Crippen LogP contribution in [0.1, 0.15) is 49.5 Å². The highest BCUT2D eigenvalue weighted by molar-refractivity contribution is 7.98. The molecule has 2 aromatic rings. The Kier molecular flexibility index (Phi) is 4.89. The molecule has 1 aliphatic rings. The summed E-state index contributed by atoms with van der Waals surface area (Å²) < 4.78 is 1.84. The van der Waals surface area contributed by atoms with Crippen LogP contribution < -0.4 is 0 Å². The van der Waals surface area contributed by atoms with Crippen molar-refractivity contribution in [1.82, 2.24) is 25.1 Å². The van der Waals surface area contributed by atoms with Crippen molar-refractivity contribution in [3.05, 3.63) is 35.4 Å². The van der Waals surface area contributed by atoms with E-state index in [4.69, 9.17) is 0 Å². The number of nitrogens with zero attached hydrogens (tertiary/aromatic N) is 5. The fraction of sp³-hybridized carbons (Fsp3) is 0.529. The van der Waals surface area contributed by atoms with E-state index in [0.29, 0.717) is 0 Å². The summed E-state index contributed by atoms with van der Waals surface area (Å²) in [7, 11) is 0. The molecule has 128 valence electrons. The molecule has 0 radical (unpaired) electrons. The van der Waals surface area contributed by atoms with Crippen molar-refractivity contribution >= 4 is 17.7 Å². The quantitative estimate of drug-likeness (QED) is 0.797. The standard InChI is InChI=1S/C17H23N5OS/c1-17(2,3)22-16(18-19-20-22)24-12-13-6-8-14(9-7-13)15(23)21-10-4-5-11-21/h6-9H,4-5,10-12H2,1-3H3. The van der Waals surface area contributed by atoms with Crippen LogP contribution in [0.25, 0.3) is 0 Å². The molecular formula is C17H23N5OS. The number of amides is 1. The third kappa shape index (κ3) is 3.77. The van der Waals surface area contributed by atoms with Crippen LogP contribution in [0.5, 0.6) is 0 Å². The lowest BCUT2D eigenvalue weighted by Crippen LogP contribution is -2.27. The van der Waals surface area contributed by atoms with Gasteiger partial charge in [0.25, 0.3) is 5.91 Å². The Morgan fingerprint density at radius 2 is 1.83 bits per heavy atom. The van der Waals surface area contributed by atoms with Crippen LogP contribution in [0, 0.1) is 0 Å². The van der Waals surface area contributed by atoms with Crippen LogP contribution in [0.3, 0.4) is 0 Å². The molecule has 0 atom stereocenters. The summed E-state index contributed by atoms with van der Waals surface area (Å²) in [6, 6.07) is 7.87. The van der Waals surface area contributed by atoms with E-state index in [1.165, 1.54) is 0 Å². The molecule has 0 aliphatic carbocycles. The molecule has 3 rings (SSSR count). The second-order valence-corrected chi connectivity index (χ2v) is 7.97. The molecule has 0 unspecified atom stereocenters. The minimum atomic E-state index is -0.141. The number of hydrogen-bond donors (Lipinski definition) is 0. The molecule has 1 fully saturated rings. The first-order valence-electron chi connectivity index (χ1n) is 8.25. The minimum absolute atomic E-state index is 0.141. The molecule has 7 heteroatoms. The lowest BCUT2D eigenvalue weighted by atomic mass is 10.1. The lowest BCUT2D eigenvalue weighted by molar-refractivity contribution is 0.0793. The van der Waals surface area contributed by atoms with E-state index in [1.54, 1.807) is 11.8 Å².